The molecule has 0 saturated carbocycles. The van der Waals surface area contributed by atoms with Gasteiger partial charge in [0.05, 0.1) is 18.7 Å². The molecule has 0 saturated heterocycles. The summed E-state index contributed by atoms with van der Waals surface area (Å²) in [5.74, 6) is 0.370. The van der Waals surface area contributed by atoms with E-state index in [2.05, 4.69) is 36.6 Å². The zero-order valence-corrected chi connectivity index (χ0v) is 18.6. The molecule has 2 N–H and O–H groups in total. The molecule has 0 fully saturated rings. The van der Waals surface area contributed by atoms with Crippen LogP contribution in [0.3, 0.4) is 0 Å². The van der Waals surface area contributed by atoms with Crippen LogP contribution in [0, 0.1) is 0 Å². The van der Waals surface area contributed by atoms with E-state index in [4.69, 9.17) is 14.9 Å². The van der Waals surface area contributed by atoms with Gasteiger partial charge in [0.25, 0.3) is 0 Å². The largest absolute Gasteiger partial charge is 1.00 e. The van der Waals surface area contributed by atoms with Gasteiger partial charge in [0.1, 0.15) is 24.4 Å². The molecule has 1 heterocycles. The maximum absolute atomic E-state index is 12.5. The highest BCUT2D eigenvalue weighted by Gasteiger charge is 2.22. The maximum atomic E-state index is 12.5. The lowest BCUT2D eigenvalue weighted by Crippen LogP contribution is -3.00. The van der Waals surface area contributed by atoms with Crippen molar-refractivity contribution < 1.29 is 26.4 Å². The van der Waals surface area contributed by atoms with Gasteiger partial charge in [0.15, 0.2) is 0 Å². The zero-order valence-electron chi connectivity index (χ0n) is 17.8. The molecule has 0 atom stereocenters. The second-order valence-corrected chi connectivity index (χ2v) is 7.12. The molecule has 0 spiro atoms. The van der Waals surface area contributed by atoms with Crippen molar-refractivity contribution in [2.24, 2.45) is 0 Å². The van der Waals surface area contributed by atoms with Crippen LogP contribution in [-0.4, -0.2) is 26.2 Å². The number of ether oxygens (including phenoxy) is 1. The van der Waals surface area contributed by atoms with Crippen LogP contribution in [0.5, 0.6) is 0 Å². The molecule has 0 radical (unpaired) electrons. The number of benzene rings is 3. The van der Waals surface area contributed by atoms with Gasteiger partial charge in [-0.2, -0.15) is 0 Å². The molecule has 2 aliphatic rings. The predicted molar refractivity (Wildman–Crippen MR) is 120 cm³/mol. The van der Waals surface area contributed by atoms with Crippen molar-refractivity contribution in [3.8, 4) is 22.5 Å². The molecule has 0 unspecified atom stereocenters. The monoisotopic (exact) mass is 436 g/mol. The molecule has 1 aliphatic heterocycles. The number of halogens is 1. The van der Waals surface area contributed by atoms with Crippen molar-refractivity contribution >= 4 is 22.6 Å². The molecule has 4 rings (SSSR count). The van der Waals surface area contributed by atoms with Gasteiger partial charge in [0.2, 0.25) is 5.36 Å². The van der Waals surface area contributed by atoms with E-state index in [9.17, 15) is 4.79 Å². The molecular weight excluding hydrogens is 412 g/mol. The highest BCUT2D eigenvalue weighted by Crippen LogP contribution is 2.41. The van der Waals surface area contributed by atoms with Crippen LogP contribution < -0.4 is 28.1 Å². The standard InChI is InChI=1S/C25H24N2O3.ClH/c1-4-27(5-2)17-11-13-21-23(15-17)30-22-14-16(26)10-12-20(22)24(21)18-8-6-7-9-19(18)25(28)29-3;/h6-15,26H,4-5H2,1-3H3;1H. The SMILES string of the molecule is CC[N+](CC)=c1ccc2c(-c3ccccc3C(=O)OC)c3ccc(N)cc3oc-2c1.[Cl-]. The lowest BCUT2D eigenvalue weighted by Gasteiger charge is -2.17. The molecule has 0 amide bonds. The van der Waals surface area contributed by atoms with E-state index in [-0.39, 0.29) is 18.4 Å². The Morgan fingerprint density at radius 2 is 1.74 bits per heavy atom. The van der Waals surface area contributed by atoms with Crippen molar-refractivity contribution in [3.63, 3.8) is 0 Å². The van der Waals surface area contributed by atoms with Crippen LogP contribution in [0.4, 0.5) is 5.69 Å². The normalized spacial score (nSPS) is 10.7. The van der Waals surface area contributed by atoms with E-state index in [0.29, 0.717) is 16.8 Å². The average molecular weight is 437 g/mol. The zero-order chi connectivity index (χ0) is 21.3. The fourth-order valence-electron chi connectivity index (χ4n) is 3.96. The number of rotatable bonds is 4. The Labute approximate surface area is 187 Å². The first-order valence-electron chi connectivity index (χ1n) is 10.1. The summed E-state index contributed by atoms with van der Waals surface area (Å²) in [6, 6.07) is 19.3. The van der Waals surface area contributed by atoms with Gasteiger partial charge in [0, 0.05) is 34.3 Å². The van der Waals surface area contributed by atoms with Crippen molar-refractivity contribution in [1.82, 2.24) is 4.58 Å². The first-order valence-corrected chi connectivity index (χ1v) is 10.1. The lowest BCUT2D eigenvalue weighted by molar-refractivity contribution is -0.0000212. The summed E-state index contributed by atoms with van der Waals surface area (Å²) in [5, 5.41) is 1.98. The number of nitrogens with zero attached hydrogens (tertiary/aromatic N) is 1. The Bertz CT molecular complexity index is 1290. The van der Waals surface area contributed by atoms with Crippen LogP contribution >= 0.6 is 0 Å². The summed E-state index contributed by atoms with van der Waals surface area (Å²) in [5.41, 5.74) is 10.5. The van der Waals surface area contributed by atoms with Crippen LogP contribution in [0.2, 0.25) is 0 Å². The smallest absolute Gasteiger partial charge is 0.338 e. The van der Waals surface area contributed by atoms with Gasteiger partial charge in [-0.15, -0.1) is 0 Å². The summed E-state index contributed by atoms with van der Waals surface area (Å²) >= 11 is 0. The third-order valence-corrected chi connectivity index (χ3v) is 5.46. The molecule has 1 aliphatic carbocycles. The topological polar surface area (TPSA) is 68.5 Å². The minimum absolute atomic E-state index is 0. The molecule has 5 nitrogen and oxygen atoms in total. The molecule has 31 heavy (non-hydrogen) atoms. The number of nitrogen functional groups attached to an aromatic ring is 1. The average Bonchev–Trinajstić information content (AvgIpc) is 2.77. The van der Waals surface area contributed by atoms with Crippen molar-refractivity contribution in [3.05, 3.63) is 71.6 Å². The highest BCUT2D eigenvalue weighted by atomic mass is 35.5. The molecular formula is C25H25ClN2O3. The highest BCUT2D eigenvalue weighted by molar-refractivity contribution is 6.08. The Kier molecular flexibility index (Phi) is 6.66. The molecule has 6 heteroatoms. The number of carbonyl (C=O) groups excluding carboxylic acids is 1. The molecule has 160 valence electrons. The second kappa shape index (κ2) is 9.23. The maximum Gasteiger partial charge on any atom is 0.338 e. The second-order valence-electron chi connectivity index (χ2n) is 7.12. The van der Waals surface area contributed by atoms with Crippen LogP contribution in [0.1, 0.15) is 24.2 Å². The number of fused-ring (bicyclic) bond motifs is 2. The summed E-state index contributed by atoms with van der Waals surface area (Å²) in [6.07, 6.45) is 0. The lowest BCUT2D eigenvalue weighted by atomic mass is 9.90. The van der Waals surface area contributed by atoms with Gasteiger partial charge >= 0.3 is 5.97 Å². The van der Waals surface area contributed by atoms with E-state index in [0.717, 1.165) is 46.3 Å². The van der Waals surface area contributed by atoms with Gasteiger partial charge in [-0.25, -0.2) is 9.37 Å². The summed E-state index contributed by atoms with van der Waals surface area (Å²) in [6.45, 7) is 6.06. The van der Waals surface area contributed by atoms with Crippen LogP contribution in [-0.2, 0) is 4.74 Å². The molecule has 0 bridgehead atoms. The molecule has 0 aromatic heterocycles. The Hall–Kier alpha value is -3.31. The van der Waals surface area contributed by atoms with E-state index < -0.39 is 0 Å². The fourth-order valence-corrected chi connectivity index (χ4v) is 3.96. The number of methoxy groups -OCH3 is 1. The van der Waals surface area contributed by atoms with Gasteiger partial charge in [-0.3, -0.25) is 0 Å². The first kappa shape index (κ1) is 22.4. The summed E-state index contributed by atoms with van der Waals surface area (Å²) in [4.78, 5) is 12.5. The number of anilines is 1. The number of hydrogen-bond acceptors (Lipinski definition) is 4. The third kappa shape index (κ3) is 4.01. The summed E-state index contributed by atoms with van der Waals surface area (Å²) in [7, 11) is 1.40. The van der Waals surface area contributed by atoms with Crippen molar-refractivity contribution in [1.29, 1.82) is 0 Å². The third-order valence-electron chi connectivity index (χ3n) is 5.46. The molecule has 2 aromatic rings. The Morgan fingerprint density at radius 1 is 1.00 bits per heavy atom. The van der Waals surface area contributed by atoms with Crippen LogP contribution in [0.15, 0.2) is 65.1 Å². The predicted octanol–water partition coefficient (Wildman–Crippen LogP) is 1.39. The van der Waals surface area contributed by atoms with Gasteiger partial charge in [-0.05, 0) is 43.7 Å². The van der Waals surface area contributed by atoms with Crippen molar-refractivity contribution in [2.75, 3.05) is 25.9 Å². The number of hydrogen-bond donors (Lipinski definition) is 1. The Balaban J connectivity index is 0.00000272. The minimum Gasteiger partial charge on any atom is -1.00 e. The number of esters is 1. The van der Waals surface area contributed by atoms with E-state index in [1.807, 2.05) is 36.4 Å². The fraction of sp³-hybridized carbons (Fsp3) is 0.200. The van der Waals surface area contributed by atoms with Gasteiger partial charge in [-0.1, -0.05) is 18.2 Å². The first-order chi connectivity index (χ1) is 14.6. The number of carbonyl (C=O) groups is 1. The number of nitrogens with two attached hydrogens (primary N) is 1. The van der Waals surface area contributed by atoms with Crippen molar-refractivity contribution in [2.45, 2.75) is 13.8 Å². The minimum atomic E-state index is -0.372. The molecule has 2 aromatic carbocycles. The van der Waals surface area contributed by atoms with Crippen LogP contribution in [0.25, 0.3) is 33.4 Å². The quantitative estimate of drug-likeness (QED) is 0.227. The van der Waals surface area contributed by atoms with E-state index in [1.165, 1.54) is 7.11 Å². The summed E-state index contributed by atoms with van der Waals surface area (Å²) < 4.78 is 13.6. The van der Waals surface area contributed by atoms with Gasteiger partial charge < -0.3 is 27.3 Å². The Morgan fingerprint density at radius 3 is 2.45 bits per heavy atom. The van der Waals surface area contributed by atoms with E-state index >= 15 is 0 Å². The van der Waals surface area contributed by atoms with E-state index in [1.54, 1.807) is 6.07 Å².